The third-order valence-corrected chi connectivity index (χ3v) is 6.91. The van der Waals surface area contributed by atoms with Crippen LogP contribution < -0.4 is 10.0 Å². The van der Waals surface area contributed by atoms with Crippen LogP contribution in [0, 0.1) is 0 Å². The van der Waals surface area contributed by atoms with Crippen molar-refractivity contribution >= 4 is 19.9 Å². The average molecular weight is 332 g/mol. The Labute approximate surface area is 125 Å². The normalized spacial score (nSPS) is 25.0. The fourth-order valence-electron chi connectivity index (χ4n) is 2.38. The van der Waals surface area contributed by atoms with E-state index in [4.69, 9.17) is 0 Å². The number of hydrogen-bond donors (Lipinski definition) is 2. The maximum absolute atomic E-state index is 12.0. The van der Waals surface area contributed by atoms with Gasteiger partial charge in [-0.1, -0.05) is 18.2 Å². The molecule has 0 unspecified atom stereocenters. The summed E-state index contributed by atoms with van der Waals surface area (Å²) in [7, 11) is -6.47. The summed E-state index contributed by atoms with van der Waals surface area (Å²) in [5.41, 5.74) is -0.461. The van der Waals surface area contributed by atoms with E-state index < -0.39 is 25.4 Å². The van der Waals surface area contributed by atoms with Crippen molar-refractivity contribution in [2.75, 3.05) is 24.6 Å². The number of nitrogens with one attached hydrogen (secondary N) is 2. The molecular weight excluding hydrogens is 312 g/mol. The SMILES string of the molecule is C[C@]1(NCCNS(=O)(=O)c2ccccc2)CCS(=O)(=O)C1. The van der Waals surface area contributed by atoms with Gasteiger partial charge in [-0.3, -0.25) is 0 Å². The summed E-state index contributed by atoms with van der Waals surface area (Å²) in [6.07, 6.45) is 0.556. The summed E-state index contributed by atoms with van der Waals surface area (Å²) in [4.78, 5) is 0.222. The van der Waals surface area contributed by atoms with E-state index in [1.54, 1.807) is 18.2 Å². The Morgan fingerprint density at radius 1 is 1.19 bits per heavy atom. The standard InChI is InChI=1S/C13H20N2O4S2/c1-13(7-10-20(16,17)11-13)14-8-9-15-21(18,19)12-5-3-2-4-6-12/h2-6,14-15H,7-11H2,1H3/t13-/m0/s1. The van der Waals surface area contributed by atoms with Gasteiger partial charge in [0.05, 0.1) is 16.4 Å². The minimum Gasteiger partial charge on any atom is -0.309 e. The minimum atomic E-state index is -3.51. The van der Waals surface area contributed by atoms with Gasteiger partial charge in [-0.15, -0.1) is 0 Å². The lowest BCUT2D eigenvalue weighted by atomic mass is 10.0. The Morgan fingerprint density at radius 2 is 1.86 bits per heavy atom. The predicted molar refractivity (Wildman–Crippen MR) is 81.3 cm³/mol. The summed E-state index contributed by atoms with van der Waals surface area (Å²) in [5.74, 6) is 0.289. The molecular formula is C13H20N2O4S2. The zero-order valence-electron chi connectivity index (χ0n) is 11.9. The van der Waals surface area contributed by atoms with Crippen molar-refractivity contribution in [3.8, 4) is 0 Å². The van der Waals surface area contributed by atoms with Crippen LogP contribution in [0.2, 0.25) is 0 Å². The fraction of sp³-hybridized carbons (Fsp3) is 0.538. The van der Waals surface area contributed by atoms with Crippen LogP contribution in [0.25, 0.3) is 0 Å². The topological polar surface area (TPSA) is 92.3 Å². The molecule has 0 spiro atoms. The Hall–Kier alpha value is -0.960. The van der Waals surface area contributed by atoms with Crippen LogP contribution in [-0.2, 0) is 19.9 Å². The highest BCUT2D eigenvalue weighted by Crippen LogP contribution is 2.22. The van der Waals surface area contributed by atoms with E-state index in [1.807, 2.05) is 6.92 Å². The Morgan fingerprint density at radius 3 is 2.43 bits per heavy atom. The van der Waals surface area contributed by atoms with Crippen LogP contribution in [0.1, 0.15) is 13.3 Å². The number of hydrogen-bond acceptors (Lipinski definition) is 5. The number of rotatable bonds is 6. The summed E-state index contributed by atoms with van der Waals surface area (Å²) < 4.78 is 49.4. The molecule has 1 heterocycles. The van der Waals surface area contributed by atoms with Gasteiger partial charge >= 0.3 is 0 Å². The van der Waals surface area contributed by atoms with Crippen LogP contribution in [0.3, 0.4) is 0 Å². The molecule has 1 saturated heterocycles. The Balaban J connectivity index is 1.83. The zero-order chi connectivity index (χ0) is 15.6. The van der Waals surface area contributed by atoms with Gasteiger partial charge in [-0.2, -0.15) is 0 Å². The first-order chi connectivity index (χ1) is 9.73. The van der Waals surface area contributed by atoms with Crippen LogP contribution in [0.15, 0.2) is 35.2 Å². The molecule has 2 rings (SSSR count). The van der Waals surface area contributed by atoms with Crippen molar-refractivity contribution < 1.29 is 16.8 Å². The molecule has 1 atom stereocenters. The van der Waals surface area contributed by atoms with Gasteiger partial charge in [0.25, 0.3) is 0 Å². The summed E-state index contributed by atoms with van der Waals surface area (Å²) in [6, 6.07) is 8.14. The molecule has 0 radical (unpaired) electrons. The first-order valence-electron chi connectivity index (χ1n) is 6.73. The second-order valence-electron chi connectivity index (χ2n) is 5.54. The van der Waals surface area contributed by atoms with Crippen molar-refractivity contribution in [1.29, 1.82) is 0 Å². The molecule has 1 aromatic carbocycles. The summed E-state index contributed by atoms with van der Waals surface area (Å²) in [6.45, 7) is 2.45. The highest BCUT2D eigenvalue weighted by atomic mass is 32.2. The molecule has 0 bridgehead atoms. The molecule has 2 N–H and O–H groups in total. The highest BCUT2D eigenvalue weighted by molar-refractivity contribution is 7.91. The smallest absolute Gasteiger partial charge is 0.240 e. The van der Waals surface area contributed by atoms with Crippen molar-refractivity contribution in [3.05, 3.63) is 30.3 Å². The monoisotopic (exact) mass is 332 g/mol. The second-order valence-corrected chi connectivity index (χ2v) is 9.49. The lowest BCUT2D eigenvalue weighted by molar-refractivity contribution is 0.400. The van der Waals surface area contributed by atoms with E-state index >= 15 is 0 Å². The van der Waals surface area contributed by atoms with Gasteiger partial charge in [0.2, 0.25) is 10.0 Å². The molecule has 118 valence electrons. The van der Waals surface area contributed by atoms with E-state index in [1.165, 1.54) is 12.1 Å². The second kappa shape index (κ2) is 6.04. The van der Waals surface area contributed by atoms with Gasteiger partial charge in [0, 0.05) is 18.6 Å². The summed E-state index contributed by atoms with van der Waals surface area (Å²) in [5, 5.41) is 3.13. The lowest BCUT2D eigenvalue weighted by Crippen LogP contribution is -2.46. The van der Waals surface area contributed by atoms with E-state index in [2.05, 4.69) is 10.0 Å². The molecule has 6 nitrogen and oxygen atoms in total. The molecule has 1 aromatic rings. The van der Waals surface area contributed by atoms with Gasteiger partial charge in [-0.25, -0.2) is 21.6 Å². The average Bonchev–Trinajstić information content (AvgIpc) is 2.70. The maximum Gasteiger partial charge on any atom is 0.240 e. The first kappa shape index (κ1) is 16.4. The van der Waals surface area contributed by atoms with Gasteiger partial charge in [0.1, 0.15) is 0 Å². The van der Waals surface area contributed by atoms with E-state index in [0.717, 1.165) is 0 Å². The minimum absolute atomic E-state index is 0.103. The molecule has 8 heteroatoms. The number of sulfonamides is 1. The molecule has 1 aliphatic rings. The largest absolute Gasteiger partial charge is 0.309 e. The third-order valence-electron chi connectivity index (χ3n) is 3.53. The zero-order valence-corrected chi connectivity index (χ0v) is 13.5. The van der Waals surface area contributed by atoms with Gasteiger partial charge < -0.3 is 5.32 Å². The lowest BCUT2D eigenvalue weighted by Gasteiger charge is -2.23. The molecule has 0 aliphatic carbocycles. The van der Waals surface area contributed by atoms with Gasteiger partial charge in [-0.05, 0) is 25.5 Å². The Bertz CT molecular complexity index is 686. The molecule has 0 saturated carbocycles. The highest BCUT2D eigenvalue weighted by Gasteiger charge is 2.37. The number of sulfone groups is 1. The maximum atomic E-state index is 12.0. The van der Waals surface area contributed by atoms with Crippen LogP contribution in [0.4, 0.5) is 0 Å². The predicted octanol–water partition coefficient (Wildman–Crippen LogP) is 0.132. The fourth-order valence-corrected chi connectivity index (χ4v) is 5.56. The van der Waals surface area contributed by atoms with Crippen molar-refractivity contribution in [2.45, 2.75) is 23.8 Å². The van der Waals surface area contributed by atoms with Gasteiger partial charge in [0.15, 0.2) is 9.84 Å². The number of benzene rings is 1. The van der Waals surface area contributed by atoms with Crippen molar-refractivity contribution in [2.24, 2.45) is 0 Å². The summed E-state index contributed by atoms with van der Waals surface area (Å²) >= 11 is 0. The van der Waals surface area contributed by atoms with Crippen molar-refractivity contribution in [1.82, 2.24) is 10.0 Å². The van der Waals surface area contributed by atoms with E-state index in [0.29, 0.717) is 13.0 Å². The van der Waals surface area contributed by atoms with Crippen LogP contribution in [-0.4, -0.2) is 47.0 Å². The van der Waals surface area contributed by atoms with E-state index in [-0.39, 0.29) is 22.9 Å². The first-order valence-corrected chi connectivity index (χ1v) is 10.0. The molecule has 1 fully saturated rings. The molecule has 0 aromatic heterocycles. The quantitative estimate of drug-likeness (QED) is 0.723. The molecule has 21 heavy (non-hydrogen) atoms. The molecule has 1 aliphatic heterocycles. The van der Waals surface area contributed by atoms with Crippen molar-refractivity contribution in [3.63, 3.8) is 0 Å². The third kappa shape index (κ3) is 4.50. The van der Waals surface area contributed by atoms with Crippen LogP contribution >= 0.6 is 0 Å². The molecule has 0 amide bonds. The van der Waals surface area contributed by atoms with Crippen LogP contribution in [0.5, 0.6) is 0 Å². The Kier molecular flexibility index (Phi) is 4.72. The van der Waals surface area contributed by atoms with E-state index in [9.17, 15) is 16.8 Å².